The van der Waals surface area contributed by atoms with E-state index in [0.29, 0.717) is 0 Å². The predicted molar refractivity (Wildman–Crippen MR) is 44.1 cm³/mol. The van der Waals surface area contributed by atoms with Gasteiger partial charge in [0.25, 0.3) is 12.4 Å². The summed E-state index contributed by atoms with van der Waals surface area (Å²) in [5.41, 5.74) is 0. The van der Waals surface area contributed by atoms with Crippen LogP contribution in [0.15, 0.2) is 0 Å². The average Bonchev–Trinajstić information content (AvgIpc) is 1.89. The van der Waals surface area contributed by atoms with Crippen LogP contribution in [0.5, 0.6) is 0 Å². The summed E-state index contributed by atoms with van der Waals surface area (Å²) in [6.07, 6.45) is 8.58. The van der Waals surface area contributed by atoms with Gasteiger partial charge in [0, 0.05) is 12.8 Å². The molecule has 0 aromatic heterocycles. The van der Waals surface area contributed by atoms with E-state index in [9.17, 15) is 0 Å². The average molecular weight is 126 g/mol. The van der Waals surface area contributed by atoms with Crippen LogP contribution in [0.2, 0.25) is 0 Å². The van der Waals surface area contributed by atoms with E-state index in [-0.39, 0.29) is 0 Å². The Balaban J connectivity index is 3.18. The van der Waals surface area contributed by atoms with E-state index in [1.807, 2.05) is 12.4 Å². The Bertz CT molecular complexity index is 89.1. The van der Waals surface area contributed by atoms with E-state index in [1.54, 1.807) is 0 Å². The lowest BCUT2D eigenvalue weighted by Crippen LogP contribution is -1.81. The Morgan fingerprint density at radius 1 is 1.00 bits per heavy atom. The van der Waals surface area contributed by atoms with Gasteiger partial charge in [0.05, 0.1) is 0 Å². The Kier molecular flexibility index (Phi) is 6.99. The van der Waals surface area contributed by atoms with Crippen molar-refractivity contribution in [1.82, 2.24) is 4.67 Å². The second kappa shape index (κ2) is 7.45. The van der Waals surface area contributed by atoms with Crippen LogP contribution in [0.25, 0.3) is 0 Å². The fourth-order valence-corrected chi connectivity index (χ4v) is 0.482. The van der Waals surface area contributed by atoms with Crippen LogP contribution in [0.1, 0.15) is 39.5 Å². The van der Waals surface area contributed by atoms with Gasteiger partial charge in [-0.15, -0.1) is 4.67 Å². The van der Waals surface area contributed by atoms with Crippen LogP contribution in [0.3, 0.4) is 0 Å². The molecule has 0 aliphatic carbocycles. The molecular weight excluding hydrogens is 110 g/mol. The van der Waals surface area contributed by atoms with Gasteiger partial charge in [0.1, 0.15) is 0 Å². The van der Waals surface area contributed by atoms with Crippen molar-refractivity contribution in [2.75, 3.05) is 0 Å². The number of hydrogen-bond acceptors (Lipinski definition) is 0. The third-order valence-corrected chi connectivity index (χ3v) is 1.05. The molecular formula is C8H16N+. The Morgan fingerprint density at radius 2 is 1.44 bits per heavy atom. The van der Waals surface area contributed by atoms with Gasteiger partial charge in [-0.05, 0) is 12.8 Å². The van der Waals surface area contributed by atoms with E-state index in [4.69, 9.17) is 0 Å². The monoisotopic (exact) mass is 126 g/mol. The molecule has 0 aromatic rings. The maximum Gasteiger partial charge on any atom is 0.268 e. The molecule has 0 amide bonds. The molecule has 0 radical (unpaired) electrons. The molecule has 0 aliphatic heterocycles. The Labute approximate surface area is 57.5 Å². The maximum absolute atomic E-state index is 4.10. The van der Waals surface area contributed by atoms with Crippen molar-refractivity contribution in [2.24, 2.45) is 0 Å². The fraction of sp³-hybridized carbons (Fsp3) is 0.750. The maximum atomic E-state index is 4.10. The molecule has 1 nitrogen and oxygen atoms in total. The first-order valence-corrected chi connectivity index (χ1v) is 3.75. The third kappa shape index (κ3) is 7.45. The van der Waals surface area contributed by atoms with Crippen LogP contribution in [0, 0.1) is 0 Å². The van der Waals surface area contributed by atoms with Gasteiger partial charge >= 0.3 is 0 Å². The standard InChI is InChI=1S/C8H16N/c1-3-5-7-9-8-6-4-2/h7-8H,3-6H2,1-2H3/q+1. The highest BCUT2D eigenvalue weighted by atomic mass is 14.5. The lowest BCUT2D eigenvalue weighted by Gasteiger charge is -1.69. The van der Waals surface area contributed by atoms with Crippen molar-refractivity contribution < 1.29 is 0 Å². The van der Waals surface area contributed by atoms with Gasteiger partial charge in [-0.1, -0.05) is 13.8 Å². The summed E-state index contributed by atoms with van der Waals surface area (Å²) < 4.78 is 4.10. The van der Waals surface area contributed by atoms with Crippen LogP contribution >= 0.6 is 0 Å². The summed E-state index contributed by atoms with van der Waals surface area (Å²) in [6, 6.07) is 0. The molecule has 0 heterocycles. The Morgan fingerprint density at radius 3 is 1.78 bits per heavy atom. The molecule has 0 unspecified atom stereocenters. The minimum Gasteiger partial charge on any atom is -0.111 e. The normalized spacial score (nSPS) is 8.22. The van der Waals surface area contributed by atoms with Crippen LogP contribution in [-0.4, -0.2) is 12.4 Å². The molecule has 52 valence electrons. The highest BCUT2D eigenvalue weighted by Gasteiger charge is 1.80. The molecule has 0 saturated heterocycles. The molecule has 0 saturated carbocycles. The SMILES string of the molecule is CCCC=[N+]=CCCC. The summed E-state index contributed by atoms with van der Waals surface area (Å²) >= 11 is 0. The van der Waals surface area contributed by atoms with E-state index < -0.39 is 0 Å². The second-order valence-corrected chi connectivity index (χ2v) is 2.09. The van der Waals surface area contributed by atoms with Gasteiger partial charge in [0.2, 0.25) is 0 Å². The highest BCUT2D eigenvalue weighted by Crippen LogP contribution is 1.77. The van der Waals surface area contributed by atoms with Crippen molar-refractivity contribution in [2.45, 2.75) is 39.5 Å². The predicted octanol–water partition coefficient (Wildman–Crippen LogP) is 1.80. The zero-order valence-electron chi connectivity index (χ0n) is 6.43. The molecule has 1 heteroatoms. The lowest BCUT2D eigenvalue weighted by molar-refractivity contribution is 0.997. The quantitative estimate of drug-likeness (QED) is 0.403. The second-order valence-electron chi connectivity index (χ2n) is 2.09. The molecule has 0 atom stereocenters. The van der Waals surface area contributed by atoms with E-state index >= 15 is 0 Å². The Hall–Kier alpha value is -0.550. The topological polar surface area (TPSA) is 14.1 Å². The molecule has 0 aliphatic rings. The van der Waals surface area contributed by atoms with E-state index in [0.717, 1.165) is 12.8 Å². The summed E-state index contributed by atoms with van der Waals surface area (Å²) in [5.74, 6) is 0. The first-order chi connectivity index (χ1) is 4.41. The van der Waals surface area contributed by atoms with Gasteiger partial charge in [0.15, 0.2) is 0 Å². The minimum absolute atomic E-state index is 1.11. The smallest absolute Gasteiger partial charge is 0.111 e. The molecule has 0 fully saturated rings. The van der Waals surface area contributed by atoms with Crippen LogP contribution < -0.4 is 4.67 Å². The lowest BCUT2D eigenvalue weighted by atomic mass is 10.3. The van der Waals surface area contributed by atoms with Gasteiger partial charge in [-0.25, -0.2) is 0 Å². The van der Waals surface area contributed by atoms with Crippen LogP contribution in [-0.2, 0) is 0 Å². The summed E-state index contributed by atoms with van der Waals surface area (Å²) in [5, 5.41) is 0. The molecule has 9 heavy (non-hydrogen) atoms. The number of hydrogen-bond donors (Lipinski definition) is 0. The summed E-state index contributed by atoms with van der Waals surface area (Å²) in [6.45, 7) is 4.32. The van der Waals surface area contributed by atoms with Crippen molar-refractivity contribution in [3.05, 3.63) is 0 Å². The fourth-order valence-electron chi connectivity index (χ4n) is 0.482. The number of rotatable bonds is 4. The van der Waals surface area contributed by atoms with Gasteiger partial charge in [-0.2, -0.15) is 0 Å². The summed E-state index contributed by atoms with van der Waals surface area (Å²) in [4.78, 5) is 0. The molecule has 0 aromatic carbocycles. The molecule has 0 N–H and O–H groups in total. The molecule has 0 rings (SSSR count). The zero-order chi connectivity index (χ0) is 6.95. The number of nitrogens with zero attached hydrogens (tertiary/aromatic N) is 1. The van der Waals surface area contributed by atoms with Gasteiger partial charge < -0.3 is 0 Å². The van der Waals surface area contributed by atoms with Crippen molar-refractivity contribution in [3.63, 3.8) is 0 Å². The van der Waals surface area contributed by atoms with Crippen LogP contribution in [0.4, 0.5) is 0 Å². The number of unbranched alkanes of at least 4 members (excludes halogenated alkanes) is 2. The van der Waals surface area contributed by atoms with E-state index in [1.165, 1.54) is 12.8 Å². The third-order valence-electron chi connectivity index (χ3n) is 1.05. The first-order valence-electron chi connectivity index (χ1n) is 3.75. The first kappa shape index (κ1) is 8.45. The van der Waals surface area contributed by atoms with Gasteiger partial charge in [-0.3, -0.25) is 0 Å². The van der Waals surface area contributed by atoms with Crippen molar-refractivity contribution in [1.29, 1.82) is 0 Å². The summed E-state index contributed by atoms with van der Waals surface area (Å²) in [7, 11) is 0. The molecule has 0 bridgehead atoms. The minimum atomic E-state index is 1.11. The highest BCUT2D eigenvalue weighted by molar-refractivity contribution is 5.65. The van der Waals surface area contributed by atoms with Crippen molar-refractivity contribution >= 4 is 12.4 Å². The largest absolute Gasteiger partial charge is 0.268 e. The van der Waals surface area contributed by atoms with E-state index in [2.05, 4.69) is 18.5 Å². The zero-order valence-corrected chi connectivity index (χ0v) is 6.43. The van der Waals surface area contributed by atoms with Crippen molar-refractivity contribution in [3.8, 4) is 0 Å². The molecule has 0 spiro atoms.